The van der Waals surface area contributed by atoms with Crippen molar-refractivity contribution >= 4 is 17.2 Å². The summed E-state index contributed by atoms with van der Waals surface area (Å²) in [6.07, 6.45) is 7.01. The number of anilines is 1. The third-order valence-electron chi connectivity index (χ3n) is 3.23. The van der Waals surface area contributed by atoms with Crippen LogP contribution in [0, 0.1) is 10.1 Å². The molecule has 1 aliphatic carbocycles. The second-order valence-electron chi connectivity index (χ2n) is 4.67. The summed E-state index contributed by atoms with van der Waals surface area (Å²) in [5.41, 5.74) is 0.804. The summed E-state index contributed by atoms with van der Waals surface area (Å²) in [4.78, 5) is 21.9. The summed E-state index contributed by atoms with van der Waals surface area (Å²) in [5.74, 6) is -0.171. The second-order valence-corrected chi connectivity index (χ2v) is 4.67. The molecular formula is C14H16N2O3. The molecule has 0 spiro atoms. The minimum atomic E-state index is -0.451. The van der Waals surface area contributed by atoms with Gasteiger partial charge in [0.2, 0.25) is 0 Å². The van der Waals surface area contributed by atoms with Crippen molar-refractivity contribution in [1.29, 1.82) is 0 Å². The maximum absolute atomic E-state index is 11.3. The number of rotatable bonds is 4. The first-order valence-electron chi connectivity index (χ1n) is 6.29. The van der Waals surface area contributed by atoms with Crippen LogP contribution in [-0.2, 0) is 0 Å². The molecular weight excluding hydrogens is 244 g/mol. The van der Waals surface area contributed by atoms with E-state index in [0.717, 1.165) is 19.3 Å². The highest BCUT2D eigenvalue weighted by molar-refractivity contribution is 5.95. The van der Waals surface area contributed by atoms with Gasteiger partial charge < -0.3 is 5.32 Å². The van der Waals surface area contributed by atoms with E-state index in [-0.39, 0.29) is 17.5 Å². The molecule has 0 bridgehead atoms. The van der Waals surface area contributed by atoms with E-state index in [1.54, 1.807) is 12.1 Å². The number of nitrogens with one attached hydrogen (secondary N) is 1. The molecule has 1 aliphatic rings. The summed E-state index contributed by atoms with van der Waals surface area (Å²) >= 11 is 0. The van der Waals surface area contributed by atoms with Gasteiger partial charge in [-0.1, -0.05) is 12.2 Å². The molecule has 5 nitrogen and oxygen atoms in total. The Morgan fingerprint density at radius 3 is 2.79 bits per heavy atom. The number of hydrogen-bond acceptors (Lipinski definition) is 4. The van der Waals surface area contributed by atoms with Gasteiger partial charge in [0.25, 0.3) is 5.69 Å². The number of carbonyl (C=O) groups is 1. The van der Waals surface area contributed by atoms with E-state index < -0.39 is 4.92 Å². The van der Waals surface area contributed by atoms with Gasteiger partial charge in [0.1, 0.15) is 5.69 Å². The smallest absolute Gasteiger partial charge is 0.293 e. The zero-order valence-corrected chi connectivity index (χ0v) is 10.8. The number of nitro benzene ring substituents is 1. The summed E-state index contributed by atoms with van der Waals surface area (Å²) in [6.45, 7) is 1.40. The van der Waals surface area contributed by atoms with Gasteiger partial charge in [0.05, 0.1) is 4.92 Å². The number of nitrogens with zero attached hydrogens (tertiary/aromatic N) is 1. The molecule has 1 unspecified atom stereocenters. The Bertz CT molecular complexity index is 537. The number of hydrogen-bond donors (Lipinski definition) is 1. The minimum absolute atomic E-state index is 0.0396. The highest BCUT2D eigenvalue weighted by Crippen LogP contribution is 2.28. The van der Waals surface area contributed by atoms with E-state index in [1.165, 1.54) is 13.0 Å². The fourth-order valence-electron chi connectivity index (χ4n) is 2.17. The fraction of sp³-hybridized carbons (Fsp3) is 0.357. The molecule has 1 aromatic rings. The third-order valence-corrected chi connectivity index (χ3v) is 3.23. The highest BCUT2D eigenvalue weighted by Gasteiger charge is 2.19. The number of allylic oxidation sites excluding steroid dienone is 1. The van der Waals surface area contributed by atoms with Crippen LogP contribution in [0.5, 0.6) is 0 Å². The largest absolute Gasteiger partial charge is 0.376 e. The lowest BCUT2D eigenvalue weighted by atomic mass is 10.0. The average Bonchev–Trinajstić information content (AvgIpc) is 2.39. The summed E-state index contributed by atoms with van der Waals surface area (Å²) in [6, 6.07) is 4.79. The lowest BCUT2D eigenvalue weighted by Gasteiger charge is -2.20. The fourth-order valence-corrected chi connectivity index (χ4v) is 2.17. The molecule has 0 saturated heterocycles. The van der Waals surface area contributed by atoms with Crippen molar-refractivity contribution < 1.29 is 9.72 Å². The van der Waals surface area contributed by atoms with Crippen LogP contribution in [0.15, 0.2) is 30.4 Å². The van der Waals surface area contributed by atoms with Crippen LogP contribution in [0.2, 0.25) is 0 Å². The third kappa shape index (κ3) is 3.19. The highest BCUT2D eigenvalue weighted by atomic mass is 16.6. The Hall–Kier alpha value is -2.17. The molecule has 1 aromatic carbocycles. The second kappa shape index (κ2) is 5.65. The van der Waals surface area contributed by atoms with Crippen molar-refractivity contribution in [3.05, 3.63) is 46.0 Å². The van der Waals surface area contributed by atoms with E-state index in [9.17, 15) is 14.9 Å². The molecule has 0 radical (unpaired) electrons. The van der Waals surface area contributed by atoms with Crippen LogP contribution < -0.4 is 5.32 Å². The maximum atomic E-state index is 11.3. The average molecular weight is 260 g/mol. The number of ketones is 1. The van der Waals surface area contributed by atoms with Crippen LogP contribution in [0.4, 0.5) is 11.4 Å². The molecule has 5 heteroatoms. The van der Waals surface area contributed by atoms with E-state index in [0.29, 0.717) is 11.3 Å². The van der Waals surface area contributed by atoms with E-state index in [2.05, 4.69) is 17.5 Å². The van der Waals surface area contributed by atoms with Crippen LogP contribution in [0.25, 0.3) is 0 Å². The molecule has 1 N–H and O–H groups in total. The Labute approximate surface area is 111 Å². The summed E-state index contributed by atoms with van der Waals surface area (Å²) < 4.78 is 0. The SMILES string of the molecule is CC(=O)c1ccc(NC2CC=CCC2)c([N+](=O)[O-])c1. The molecule has 0 aliphatic heterocycles. The molecule has 0 saturated carbocycles. The first-order chi connectivity index (χ1) is 9.08. The van der Waals surface area contributed by atoms with Crippen molar-refractivity contribution in [2.75, 3.05) is 5.32 Å². The number of nitro groups is 1. The van der Waals surface area contributed by atoms with E-state index >= 15 is 0 Å². The van der Waals surface area contributed by atoms with Crippen LogP contribution in [0.1, 0.15) is 36.5 Å². The zero-order chi connectivity index (χ0) is 13.8. The molecule has 2 rings (SSSR count). The van der Waals surface area contributed by atoms with E-state index in [1.807, 2.05) is 0 Å². The lowest BCUT2D eigenvalue weighted by molar-refractivity contribution is -0.384. The Kier molecular flexibility index (Phi) is 3.94. The van der Waals surface area contributed by atoms with Gasteiger partial charge in [0, 0.05) is 17.7 Å². The number of carbonyl (C=O) groups excluding carboxylic acids is 1. The maximum Gasteiger partial charge on any atom is 0.293 e. The molecule has 19 heavy (non-hydrogen) atoms. The van der Waals surface area contributed by atoms with E-state index in [4.69, 9.17) is 0 Å². The van der Waals surface area contributed by atoms with Crippen LogP contribution in [-0.4, -0.2) is 16.7 Å². The predicted molar refractivity (Wildman–Crippen MR) is 73.5 cm³/mol. The zero-order valence-electron chi connectivity index (χ0n) is 10.8. The molecule has 0 aromatic heterocycles. The Balaban J connectivity index is 2.26. The van der Waals surface area contributed by atoms with Gasteiger partial charge in [-0.2, -0.15) is 0 Å². The Morgan fingerprint density at radius 2 is 2.21 bits per heavy atom. The van der Waals surface area contributed by atoms with Crippen molar-refractivity contribution in [1.82, 2.24) is 0 Å². The molecule has 100 valence electrons. The van der Waals surface area contributed by atoms with Crippen molar-refractivity contribution in [2.45, 2.75) is 32.2 Å². The Morgan fingerprint density at radius 1 is 1.42 bits per heavy atom. The van der Waals surface area contributed by atoms with Gasteiger partial charge in [-0.05, 0) is 38.3 Å². The number of benzene rings is 1. The topological polar surface area (TPSA) is 72.2 Å². The van der Waals surface area contributed by atoms with Crippen molar-refractivity contribution in [3.63, 3.8) is 0 Å². The van der Waals surface area contributed by atoms with Crippen molar-refractivity contribution in [3.8, 4) is 0 Å². The first kappa shape index (κ1) is 13.3. The normalized spacial score (nSPS) is 18.1. The standard InChI is InChI=1S/C14H16N2O3/c1-10(17)11-7-8-13(14(9-11)16(18)19)15-12-5-3-2-4-6-12/h2-3,7-9,12,15H,4-6H2,1H3. The summed E-state index contributed by atoms with van der Waals surface area (Å²) in [7, 11) is 0. The van der Waals surface area contributed by atoms with Gasteiger partial charge in [-0.3, -0.25) is 14.9 Å². The molecule has 1 atom stereocenters. The molecule has 0 heterocycles. The van der Waals surface area contributed by atoms with Crippen LogP contribution in [0.3, 0.4) is 0 Å². The number of Topliss-reactive ketones (excluding diaryl/α,β-unsaturated/α-hetero) is 1. The monoisotopic (exact) mass is 260 g/mol. The van der Waals surface area contributed by atoms with Gasteiger partial charge in [-0.25, -0.2) is 0 Å². The van der Waals surface area contributed by atoms with Crippen molar-refractivity contribution in [2.24, 2.45) is 0 Å². The van der Waals surface area contributed by atoms with Gasteiger partial charge >= 0.3 is 0 Å². The lowest BCUT2D eigenvalue weighted by Crippen LogP contribution is -2.21. The quantitative estimate of drug-likeness (QED) is 0.390. The first-order valence-corrected chi connectivity index (χ1v) is 6.29. The predicted octanol–water partition coefficient (Wildman–Crippen LogP) is 3.32. The summed E-state index contributed by atoms with van der Waals surface area (Å²) in [5, 5.41) is 14.3. The minimum Gasteiger partial charge on any atom is -0.376 e. The van der Waals surface area contributed by atoms with Gasteiger partial charge in [-0.15, -0.1) is 0 Å². The van der Waals surface area contributed by atoms with Gasteiger partial charge in [0.15, 0.2) is 5.78 Å². The van der Waals surface area contributed by atoms with Crippen LogP contribution >= 0.6 is 0 Å². The molecule has 0 amide bonds. The molecule has 0 fully saturated rings.